The third-order valence-electron chi connectivity index (χ3n) is 3.00. The van der Waals surface area contributed by atoms with Gasteiger partial charge in [0.05, 0.1) is 6.61 Å². The maximum absolute atomic E-state index is 9.19. The van der Waals surface area contributed by atoms with Crippen LogP contribution in [0.25, 0.3) is 0 Å². The highest BCUT2D eigenvalue weighted by Crippen LogP contribution is 2.25. The standard InChI is InChI=1S/C12H23NO2/c1-4-6-7-10(5-2)11-13-12(3,8-14)9-15-11/h10,14H,4-9H2,1-3H3. The summed E-state index contributed by atoms with van der Waals surface area (Å²) in [5, 5.41) is 9.19. The van der Waals surface area contributed by atoms with Crippen molar-refractivity contribution >= 4 is 5.90 Å². The Hall–Kier alpha value is -0.570. The Kier molecular flexibility index (Phi) is 4.58. The Morgan fingerprint density at radius 1 is 1.53 bits per heavy atom. The number of nitrogens with zero attached hydrogens (tertiary/aromatic N) is 1. The smallest absolute Gasteiger partial charge is 0.187 e. The van der Waals surface area contributed by atoms with Crippen LogP contribution in [0.3, 0.4) is 0 Å². The molecule has 0 saturated heterocycles. The van der Waals surface area contributed by atoms with Gasteiger partial charge in [-0.05, 0) is 19.8 Å². The molecule has 0 saturated carbocycles. The molecule has 2 unspecified atom stereocenters. The maximum atomic E-state index is 9.19. The van der Waals surface area contributed by atoms with E-state index in [-0.39, 0.29) is 6.61 Å². The molecular formula is C12H23NO2. The summed E-state index contributed by atoms with van der Waals surface area (Å²) in [5.74, 6) is 1.31. The monoisotopic (exact) mass is 213 g/mol. The van der Waals surface area contributed by atoms with Gasteiger partial charge in [-0.15, -0.1) is 0 Å². The third kappa shape index (κ3) is 3.20. The van der Waals surface area contributed by atoms with Gasteiger partial charge in [0.25, 0.3) is 0 Å². The van der Waals surface area contributed by atoms with Crippen molar-refractivity contribution in [1.29, 1.82) is 0 Å². The third-order valence-corrected chi connectivity index (χ3v) is 3.00. The van der Waals surface area contributed by atoms with Gasteiger partial charge < -0.3 is 9.84 Å². The van der Waals surface area contributed by atoms with Crippen LogP contribution in [0.1, 0.15) is 46.5 Å². The van der Waals surface area contributed by atoms with Crippen LogP contribution in [0.15, 0.2) is 4.99 Å². The summed E-state index contributed by atoms with van der Waals surface area (Å²) >= 11 is 0. The zero-order valence-corrected chi connectivity index (χ0v) is 10.1. The van der Waals surface area contributed by atoms with E-state index in [0.29, 0.717) is 12.5 Å². The van der Waals surface area contributed by atoms with E-state index < -0.39 is 5.54 Å². The molecule has 15 heavy (non-hydrogen) atoms. The summed E-state index contributed by atoms with van der Waals surface area (Å²) in [4.78, 5) is 4.51. The fourth-order valence-electron chi connectivity index (χ4n) is 1.80. The summed E-state index contributed by atoms with van der Waals surface area (Å²) in [6.07, 6.45) is 4.64. The molecule has 0 aromatic rings. The highest BCUT2D eigenvalue weighted by atomic mass is 16.5. The van der Waals surface area contributed by atoms with Crippen LogP contribution in [0.2, 0.25) is 0 Å². The van der Waals surface area contributed by atoms with Crippen molar-refractivity contribution in [3.8, 4) is 0 Å². The molecule has 1 N–H and O–H groups in total. The summed E-state index contributed by atoms with van der Waals surface area (Å²) in [5.41, 5.74) is -0.394. The minimum atomic E-state index is -0.394. The number of unbranched alkanes of at least 4 members (excludes halogenated alkanes) is 1. The zero-order chi connectivity index (χ0) is 11.3. The van der Waals surface area contributed by atoms with E-state index >= 15 is 0 Å². The fourth-order valence-corrected chi connectivity index (χ4v) is 1.80. The lowest BCUT2D eigenvalue weighted by atomic mass is 9.99. The van der Waals surface area contributed by atoms with Gasteiger partial charge in [0, 0.05) is 5.92 Å². The molecule has 88 valence electrons. The summed E-state index contributed by atoms with van der Waals surface area (Å²) in [7, 11) is 0. The molecule has 1 aliphatic heterocycles. The maximum Gasteiger partial charge on any atom is 0.187 e. The van der Waals surface area contributed by atoms with Crippen LogP contribution in [-0.2, 0) is 4.74 Å². The van der Waals surface area contributed by atoms with Gasteiger partial charge in [-0.3, -0.25) is 0 Å². The molecule has 0 amide bonds. The molecule has 2 atom stereocenters. The zero-order valence-electron chi connectivity index (χ0n) is 10.1. The predicted molar refractivity (Wildman–Crippen MR) is 62.2 cm³/mol. The Balaban J connectivity index is 2.58. The lowest BCUT2D eigenvalue weighted by Crippen LogP contribution is -2.28. The van der Waals surface area contributed by atoms with Crippen molar-refractivity contribution in [3.05, 3.63) is 0 Å². The molecular weight excluding hydrogens is 190 g/mol. The lowest BCUT2D eigenvalue weighted by Gasteiger charge is -2.13. The second-order valence-electron chi connectivity index (χ2n) is 4.64. The van der Waals surface area contributed by atoms with Crippen LogP contribution in [-0.4, -0.2) is 29.8 Å². The summed E-state index contributed by atoms with van der Waals surface area (Å²) < 4.78 is 5.60. The lowest BCUT2D eigenvalue weighted by molar-refractivity contribution is 0.167. The predicted octanol–water partition coefficient (Wildman–Crippen LogP) is 2.38. The number of hydrogen-bond donors (Lipinski definition) is 1. The van der Waals surface area contributed by atoms with E-state index in [4.69, 9.17) is 4.74 Å². The van der Waals surface area contributed by atoms with Gasteiger partial charge in [0.2, 0.25) is 0 Å². The van der Waals surface area contributed by atoms with Gasteiger partial charge in [0.1, 0.15) is 12.1 Å². The van der Waals surface area contributed by atoms with Crippen molar-refractivity contribution < 1.29 is 9.84 Å². The van der Waals surface area contributed by atoms with Crippen LogP contribution < -0.4 is 0 Å². The average molecular weight is 213 g/mol. The molecule has 0 aromatic carbocycles. The molecule has 3 nitrogen and oxygen atoms in total. The van der Waals surface area contributed by atoms with Crippen LogP contribution in [0.5, 0.6) is 0 Å². The molecule has 0 bridgehead atoms. The molecule has 1 rings (SSSR count). The van der Waals surface area contributed by atoms with Crippen molar-refractivity contribution in [1.82, 2.24) is 0 Å². The van der Waals surface area contributed by atoms with Crippen molar-refractivity contribution in [3.63, 3.8) is 0 Å². The average Bonchev–Trinajstić information content (AvgIpc) is 2.63. The summed E-state index contributed by atoms with van der Waals surface area (Å²) in [6.45, 7) is 6.90. The first-order valence-corrected chi connectivity index (χ1v) is 5.98. The van der Waals surface area contributed by atoms with Crippen molar-refractivity contribution in [2.45, 2.75) is 52.0 Å². The van der Waals surface area contributed by atoms with Gasteiger partial charge >= 0.3 is 0 Å². The molecule has 0 spiro atoms. The minimum Gasteiger partial charge on any atom is -0.478 e. The molecule has 0 aliphatic carbocycles. The van der Waals surface area contributed by atoms with E-state index in [1.807, 2.05) is 6.92 Å². The largest absolute Gasteiger partial charge is 0.478 e. The van der Waals surface area contributed by atoms with E-state index in [9.17, 15) is 5.11 Å². The molecule has 3 heteroatoms. The van der Waals surface area contributed by atoms with Crippen LogP contribution >= 0.6 is 0 Å². The number of hydrogen-bond acceptors (Lipinski definition) is 3. The van der Waals surface area contributed by atoms with E-state index in [2.05, 4.69) is 18.8 Å². The van der Waals surface area contributed by atoms with Gasteiger partial charge in [-0.1, -0.05) is 26.7 Å². The Bertz CT molecular complexity index is 228. The molecule has 0 radical (unpaired) electrons. The second-order valence-corrected chi connectivity index (χ2v) is 4.64. The topological polar surface area (TPSA) is 41.8 Å². The number of aliphatic imine (C=N–C) groups is 1. The SMILES string of the molecule is CCCCC(CC)C1=NC(C)(CO)CO1. The normalized spacial score (nSPS) is 27.3. The van der Waals surface area contributed by atoms with Crippen LogP contribution in [0.4, 0.5) is 0 Å². The quantitative estimate of drug-likeness (QED) is 0.736. The molecule has 0 aromatic heterocycles. The number of aliphatic hydroxyl groups excluding tert-OH is 1. The van der Waals surface area contributed by atoms with E-state index in [0.717, 1.165) is 18.7 Å². The minimum absolute atomic E-state index is 0.0702. The van der Waals surface area contributed by atoms with Gasteiger partial charge in [-0.2, -0.15) is 0 Å². The highest BCUT2D eigenvalue weighted by Gasteiger charge is 2.33. The molecule has 1 heterocycles. The van der Waals surface area contributed by atoms with Gasteiger partial charge in [0.15, 0.2) is 5.90 Å². The molecule has 1 aliphatic rings. The number of rotatable bonds is 6. The second kappa shape index (κ2) is 5.50. The van der Waals surface area contributed by atoms with Crippen LogP contribution in [0, 0.1) is 5.92 Å². The van der Waals surface area contributed by atoms with E-state index in [1.54, 1.807) is 0 Å². The van der Waals surface area contributed by atoms with Gasteiger partial charge in [-0.25, -0.2) is 4.99 Å². The highest BCUT2D eigenvalue weighted by molar-refractivity contribution is 5.80. The first-order valence-electron chi connectivity index (χ1n) is 5.98. The Morgan fingerprint density at radius 3 is 2.73 bits per heavy atom. The Labute approximate surface area is 92.6 Å². The number of ether oxygens (including phenoxy) is 1. The summed E-state index contributed by atoms with van der Waals surface area (Å²) in [6, 6.07) is 0. The number of aliphatic hydroxyl groups is 1. The van der Waals surface area contributed by atoms with Crippen molar-refractivity contribution in [2.24, 2.45) is 10.9 Å². The van der Waals surface area contributed by atoms with E-state index in [1.165, 1.54) is 12.8 Å². The first kappa shape index (κ1) is 12.5. The Morgan fingerprint density at radius 2 is 2.27 bits per heavy atom. The first-order chi connectivity index (χ1) is 7.15. The molecule has 0 fully saturated rings. The fraction of sp³-hybridized carbons (Fsp3) is 0.917. The van der Waals surface area contributed by atoms with Crippen molar-refractivity contribution in [2.75, 3.05) is 13.2 Å².